The maximum atomic E-state index is 11.0. The molecule has 13 unspecified atom stereocenters. The second-order valence-corrected chi connectivity index (χ2v) is 33.5. The fraction of sp³-hybridized carbons (Fsp3) is 0.658. The average molecular weight is 2010 g/mol. The zero-order chi connectivity index (χ0) is 92.3. The Bertz CT molecular complexity index is 4160. The molecule has 4 aromatic carbocycles. The predicted octanol–water partition coefficient (Wildman–Crippen LogP) is 15.3. The van der Waals surface area contributed by atoms with Crippen LogP contribution in [-0.2, 0) is 38.0 Å². The van der Waals surface area contributed by atoms with Gasteiger partial charge in [0.05, 0.1) is 96.5 Å². The molecule has 123 heavy (non-hydrogen) atoms. The van der Waals surface area contributed by atoms with E-state index in [1.54, 1.807) is 0 Å². The molecule has 0 aliphatic carbocycles. The van der Waals surface area contributed by atoms with E-state index < -0.39 is 112 Å². The number of hydrogen-bond donors (Lipinski definition) is 7. The highest BCUT2D eigenvalue weighted by Gasteiger charge is 2.48. The number of halogens is 7. The fourth-order valence-corrected chi connectivity index (χ4v) is 16.0. The number of benzene rings is 4. The first-order valence-corrected chi connectivity index (χ1v) is 42.7. The van der Waals surface area contributed by atoms with Crippen LogP contribution in [0.15, 0.2) is 93.3 Å². The van der Waals surface area contributed by atoms with E-state index in [1.807, 2.05) is 20.8 Å². The van der Waals surface area contributed by atoms with Crippen molar-refractivity contribution >= 4 is 123 Å². The van der Waals surface area contributed by atoms with Crippen LogP contribution in [0.5, 0.6) is 23.0 Å². The van der Waals surface area contributed by atoms with Crippen LogP contribution in [0.25, 0.3) is 41.8 Å². The van der Waals surface area contributed by atoms with Crippen LogP contribution >= 0.6 is 94.2 Å². The lowest BCUT2D eigenvalue weighted by molar-refractivity contribution is -0.385. The molecule has 680 valence electrons. The number of hydrogen-bond acceptors (Lipinski definition) is 31. The molecule has 6 fully saturated rings. The summed E-state index contributed by atoms with van der Waals surface area (Å²) >= 11 is 33.9. The van der Waals surface area contributed by atoms with Crippen LogP contribution in [0, 0.1) is 106 Å². The van der Waals surface area contributed by atoms with Gasteiger partial charge in [-0.05, 0) is 99.7 Å². The molecule has 0 spiro atoms. The van der Waals surface area contributed by atoms with Crippen molar-refractivity contribution in [3.05, 3.63) is 175 Å². The van der Waals surface area contributed by atoms with E-state index in [1.165, 1.54) is 55.5 Å². The normalized spacial score (nSPS) is 32.9. The number of non-ortho nitro benzene ring substituents is 4. The Kier molecular flexibility index (Phi) is 43.7. The fourth-order valence-electron chi connectivity index (χ4n) is 13.1. The summed E-state index contributed by atoms with van der Waals surface area (Å²) in [5, 5.41) is 127. The molecular formula is C73H97Br3Cl4N16O27. The van der Waals surface area contributed by atoms with E-state index in [4.69, 9.17) is 121 Å². The van der Waals surface area contributed by atoms with E-state index in [-0.39, 0.29) is 144 Å². The van der Waals surface area contributed by atoms with Crippen molar-refractivity contribution in [3.8, 4) is 23.0 Å². The molecule has 43 nitrogen and oxygen atoms in total. The minimum Gasteiger partial charge on any atom is -0.463 e. The highest BCUT2D eigenvalue weighted by molar-refractivity contribution is 9.09. The zero-order valence-electron chi connectivity index (χ0n) is 68.1. The van der Waals surface area contributed by atoms with Gasteiger partial charge in [-0.25, -0.2) is 0 Å². The Morgan fingerprint density at radius 1 is 0.374 bits per heavy atom. The van der Waals surface area contributed by atoms with Crippen molar-refractivity contribution in [3.63, 3.8) is 0 Å². The lowest BCUT2D eigenvalue weighted by Gasteiger charge is -2.42. The second-order valence-electron chi connectivity index (χ2n) is 29.7. The molecule has 6 aliphatic heterocycles. The highest BCUT2D eigenvalue weighted by Crippen LogP contribution is 2.43. The summed E-state index contributed by atoms with van der Waals surface area (Å²) in [6, 6.07) is 14.9. The van der Waals surface area contributed by atoms with Crippen LogP contribution in [0.4, 0.5) is 22.7 Å². The van der Waals surface area contributed by atoms with Gasteiger partial charge in [-0.2, -0.15) is 0 Å². The van der Waals surface area contributed by atoms with E-state index in [0.29, 0.717) is 47.8 Å². The Labute approximate surface area is 749 Å². The highest BCUT2D eigenvalue weighted by atomic mass is 79.9. The summed E-state index contributed by atoms with van der Waals surface area (Å²) in [6.07, 6.45) is -17.0. The Morgan fingerprint density at radius 2 is 0.642 bits per heavy atom. The van der Waals surface area contributed by atoms with Crippen molar-refractivity contribution in [1.29, 1.82) is 0 Å². The number of azide groups is 4. The van der Waals surface area contributed by atoms with Gasteiger partial charge >= 0.3 is 5.97 Å². The predicted molar refractivity (Wildman–Crippen MR) is 454 cm³/mol. The first-order chi connectivity index (χ1) is 57.9. The molecule has 10 rings (SSSR count). The summed E-state index contributed by atoms with van der Waals surface area (Å²) in [7, 11) is 0. The van der Waals surface area contributed by atoms with Gasteiger partial charge in [-0.15, -0.1) is 0 Å². The smallest absolute Gasteiger partial charge is 0.304 e. The SMILES string of the molecule is CC(=O)OC1OC(CN=[N+]=[N-])[C@@H](C)[C@H](C)C1C.CC1[C@@H](C)[C@H](C)C(CN=[N+]=[N-])O[C@@H]1Br.CC1[C@H](Oc2ccc([N+](=O)[O-])cc2Cl)OC(CBr)[C@@H](C)[C@@H]1C.C[C@@H]1C(CN=[N+]=[N-])O[C@@H](Oc2ccc([N+](=O)[O-])cc2Cl)C(O)[C@H]1C.O=[N+]([O-])c1ccc(O[C@@H]2OC(CBr)[C@@H](O)[C@H](O)C2O)c(Cl)c1.[N-]=[N+]=NCC1O[C@@H](Oc2ccc([N+](=O)[O-])cc2Cl)C(O)[C@@H](O)[C@@H]1O. The number of aliphatic hydroxyl groups excluding tert-OH is 7. The van der Waals surface area contributed by atoms with E-state index >= 15 is 0 Å². The quantitative estimate of drug-likeness (QED) is 0.00689. The van der Waals surface area contributed by atoms with Crippen LogP contribution < -0.4 is 18.9 Å². The lowest BCUT2D eigenvalue weighted by atomic mass is 9.79. The number of esters is 1. The number of ether oxygens (including phenoxy) is 11. The van der Waals surface area contributed by atoms with Crippen molar-refractivity contribution in [2.24, 2.45) is 85.6 Å². The number of alkyl halides is 3. The molecular weight excluding hydrogens is 1910 g/mol. The maximum absolute atomic E-state index is 11.0. The van der Waals surface area contributed by atoms with Gasteiger partial charge < -0.3 is 87.9 Å². The van der Waals surface area contributed by atoms with Crippen LogP contribution in [0.3, 0.4) is 0 Å². The molecule has 50 heteroatoms. The van der Waals surface area contributed by atoms with Crippen molar-refractivity contribution in [2.45, 2.75) is 199 Å². The third-order valence-corrected chi connectivity index (χ3v) is 25.7. The van der Waals surface area contributed by atoms with E-state index in [0.717, 1.165) is 29.6 Å². The molecule has 0 bridgehead atoms. The van der Waals surface area contributed by atoms with Crippen LogP contribution in [0.1, 0.15) is 83.1 Å². The number of nitro groups is 4. The number of rotatable bonds is 23. The number of aliphatic hydroxyl groups is 7. The summed E-state index contributed by atoms with van der Waals surface area (Å²) < 4.78 is 61.1. The summed E-state index contributed by atoms with van der Waals surface area (Å²) in [5.74, 6) is 3.30. The van der Waals surface area contributed by atoms with Gasteiger partial charge in [0.15, 0.2) is 0 Å². The van der Waals surface area contributed by atoms with Gasteiger partial charge in [0.25, 0.3) is 22.7 Å². The first-order valence-electron chi connectivity index (χ1n) is 38.0. The molecule has 0 radical (unpaired) electrons. The van der Waals surface area contributed by atoms with Gasteiger partial charge in [-0.3, -0.25) is 45.3 Å². The third-order valence-electron chi connectivity index (χ3n) is 22.2. The standard InChI is InChI=1S/C15H19BrClNO4.C14H17ClN4O5.C12H13BrClNO7.C12H13ClN4O7.C11H19N3O3.C9H16BrN3O/c1-8-9(2)14(7-16)22-15(10(8)3)21-13-5-4-11(18(19)20)6-12(13)17;1-7-8(2)13(20)14(24-12(7)6-17-18-16)23-11-4-3-9(19(21)22)5-10(11)15;13-4-8-9(16)10(17)11(18)12(22-8)21-7-2-1-5(15(19)20)3-6(7)14;13-6-3-5(17(21)22)1-2-7(6)23-12-11(20)10(19)9(18)8(24-12)4-15-16-14;1-6-7(2)10(5-13-14-12)17-11(8(6)3)16-9(4)15;1-5-6(2)8(4-12-13-11)14-9(10)7(5)3/h4-6,8-10,14-15H,7H2,1-3H3;3-5,7-8,12-14,20H,6H2,1-2H3;1-3,8-12,16-18H,4H2;1-3,8-12,18-20H,4H2;6-8,10-11H,5H2,1-4H3;5-9H,4H2,1-3H3/t8-,9-,10?,14?,15+;7-,8-,12?,13?,14+;2*8?,9-,10+,11?,12-;6-,7-,8?,10?,11?;5-,6-,7?,8?,9-/m001100/s1. The molecule has 4 aromatic rings. The maximum Gasteiger partial charge on any atom is 0.304 e. The third kappa shape index (κ3) is 29.8. The second kappa shape index (κ2) is 50.7. The van der Waals surface area contributed by atoms with Gasteiger partial charge in [0, 0.05) is 97.6 Å². The monoisotopic (exact) mass is 2010 g/mol. The summed E-state index contributed by atoms with van der Waals surface area (Å²) in [6.45, 7) is 24.7. The van der Waals surface area contributed by atoms with Crippen molar-refractivity contribution < 1.29 is 112 Å². The van der Waals surface area contributed by atoms with Gasteiger partial charge in [0.1, 0.15) is 76.8 Å². The number of nitro benzene ring substituents is 4. The number of carbonyl (C=O) groups is 1. The molecule has 0 saturated carbocycles. The Balaban J connectivity index is 0.000000264. The Hall–Kier alpha value is -7.53. The zero-order valence-corrected chi connectivity index (χ0v) is 75.9. The summed E-state index contributed by atoms with van der Waals surface area (Å²) in [4.78, 5) is 62.2. The largest absolute Gasteiger partial charge is 0.463 e. The lowest BCUT2D eigenvalue weighted by Crippen LogP contribution is -2.59. The number of carbonyl (C=O) groups excluding carboxylic acids is 1. The first kappa shape index (κ1) is 106. The van der Waals surface area contributed by atoms with E-state index in [9.17, 15) is 81.0 Å². The molecule has 7 N–H and O–H groups in total. The van der Waals surface area contributed by atoms with Crippen LogP contribution in [0.2, 0.25) is 20.1 Å². The molecule has 6 heterocycles. The van der Waals surface area contributed by atoms with E-state index in [2.05, 4.69) is 143 Å². The minimum absolute atomic E-state index is 0.0301. The Morgan fingerprint density at radius 3 is 0.976 bits per heavy atom. The van der Waals surface area contributed by atoms with Gasteiger partial charge in [0.2, 0.25) is 31.5 Å². The number of nitrogens with zero attached hydrogens (tertiary/aromatic N) is 16. The summed E-state index contributed by atoms with van der Waals surface area (Å²) in [5.41, 5.74) is 32.7. The molecule has 6 aliphatic rings. The van der Waals surface area contributed by atoms with Gasteiger partial charge in [-0.1, -0.05) is 191 Å². The minimum atomic E-state index is -1.62. The molecule has 0 aromatic heterocycles. The molecule has 0 amide bonds. The van der Waals surface area contributed by atoms with Crippen molar-refractivity contribution in [1.82, 2.24) is 0 Å². The van der Waals surface area contributed by atoms with Crippen molar-refractivity contribution in [2.75, 3.05) is 36.8 Å². The molecule has 6 saturated heterocycles. The van der Waals surface area contributed by atoms with Crippen LogP contribution in [-0.4, -0.2) is 214 Å². The molecule has 30 atom stereocenters. The average Bonchev–Trinajstić information content (AvgIpc) is 0.815. The topological polar surface area (TPSA) is 628 Å².